The molecule has 1 aliphatic carbocycles. The van der Waals surface area contributed by atoms with Gasteiger partial charge in [-0.25, -0.2) is 13.1 Å². The molecule has 1 saturated carbocycles. The second-order valence-corrected chi connectivity index (χ2v) is 10.3. The largest absolute Gasteiger partial charge is 0.215 e. The van der Waals surface area contributed by atoms with Gasteiger partial charge in [-0.05, 0) is 66.9 Å². The van der Waals surface area contributed by atoms with Gasteiger partial charge >= 0.3 is 0 Å². The molecule has 142 valence electrons. The van der Waals surface area contributed by atoms with Gasteiger partial charge in [0.2, 0.25) is 10.0 Å². The van der Waals surface area contributed by atoms with E-state index in [1.165, 1.54) is 36.8 Å². The van der Waals surface area contributed by atoms with Crippen molar-refractivity contribution in [1.82, 2.24) is 4.72 Å². The zero-order valence-electron chi connectivity index (χ0n) is 16.3. The Bertz CT molecular complexity index is 612. The molecule has 1 aliphatic rings. The lowest BCUT2D eigenvalue weighted by atomic mass is 9.75. The molecule has 3 nitrogen and oxygen atoms in total. The fourth-order valence-corrected chi connectivity index (χ4v) is 5.33. The topological polar surface area (TPSA) is 46.2 Å². The van der Waals surface area contributed by atoms with Crippen molar-refractivity contribution >= 4 is 10.0 Å². The smallest absolute Gasteiger partial charge is 0.211 e. The third-order valence-corrected chi connectivity index (χ3v) is 7.20. The van der Waals surface area contributed by atoms with Crippen LogP contribution in [-0.4, -0.2) is 20.7 Å². The molecule has 0 bridgehead atoms. The lowest BCUT2D eigenvalue weighted by molar-refractivity contribution is 0.259. The molecule has 25 heavy (non-hydrogen) atoms. The van der Waals surface area contributed by atoms with E-state index in [0.717, 1.165) is 18.3 Å². The zero-order chi connectivity index (χ0) is 18.4. The summed E-state index contributed by atoms with van der Waals surface area (Å²) >= 11 is 0. The standard InChI is InChI=1S/C21H35NO2S/c1-16(2)15-25(23,24)22-14-13-18-5-7-20(8-6-18)21-11-9-19(10-12-21)17(3)4/h5-8,16-17,19,21-22H,9-15H2,1-4H3. The van der Waals surface area contributed by atoms with Gasteiger partial charge in [-0.3, -0.25) is 0 Å². The predicted octanol–water partition coefficient (Wildman–Crippen LogP) is 4.73. The Balaban J connectivity index is 1.80. The summed E-state index contributed by atoms with van der Waals surface area (Å²) in [5.74, 6) is 2.76. The molecule has 0 amide bonds. The number of benzene rings is 1. The maximum atomic E-state index is 11.9. The Morgan fingerprint density at radius 1 is 1.00 bits per heavy atom. The van der Waals surface area contributed by atoms with Crippen LogP contribution in [0.1, 0.15) is 70.4 Å². The van der Waals surface area contributed by atoms with Crippen molar-refractivity contribution in [2.24, 2.45) is 17.8 Å². The third kappa shape index (κ3) is 6.74. The summed E-state index contributed by atoms with van der Waals surface area (Å²) in [6.45, 7) is 9.01. The van der Waals surface area contributed by atoms with E-state index in [0.29, 0.717) is 12.5 Å². The van der Waals surface area contributed by atoms with Crippen LogP contribution in [0.2, 0.25) is 0 Å². The molecule has 0 atom stereocenters. The van der Waals surface area contributed by atoms with E-state index in [-0.39, 0.29) is 11.7 Å². The van der Waals surface area contributed by atoms with Gasteiger partial charge in [0.05, 0.1) is 5.75 Å². The van der Waals surface area contributed by atoms with E-state index < -0.39 is 10.0 Å². The highest BCUT2D eigenvalue weighted by Gasteiger charge is 2.24. The van der Waals surface area contributed by atoms with Crippen LogP contribution in [0.25, 0.3) is 0 Å². The number of hydrogen-bond acceptors (Lipinski definition) is 2. The molecule has 0 radical (unpaired) electrons. The van der Waals surface area contributed by atoms with Crippen LogP contribution >= 0.6 is 0 Å². The highest BCUT2D eigenvalue weighted by molar-refractivity contribution is 7.89. The van der Waals surface area contributed by atoms with Gasteiger partial charge in [0, 0.05) is 6.54 Å². The van der Waals surface area contributed by atoms with E-state index in [9.17, 15) is 8.42 Å². The SMILES string of the molecule is CC(C)CS(=O)(=O)NCCc1ccc(C2CCC(C(C)C)CC2)cc1. The summed E-state index contributed by atoms with van der Waals surface area (Å²) in [4.78, 5) is 0. The molecular formula is C21H35NO2S. The van der Waals surface area contributed by atoms with E-state index in [4.69, 9.17) is 0 Å². The van der Waals surface area contributed by atoms with E-state index >= 15 is 0 Å². The molecule has 0 saturated heterocycles. The molecule has 0 heterocycles. The van der Waals surface area contributed by atoms with Crippen molar-refractivity contribution in [2.45, 2.75) is 65.7 Å². The van der Waals surface area contributed by atoms with Crippen LogP contribution in [0.15, 0.2) is 24.3 Å². The summed E-state index contributed by atoms with van der Waals surface area (Å²) in [7, 11) is -3.14. The monoisotopic (exact) mass is 365 g/mol. The van der Waals surface area contributed by atoms with Crippen molar-refractivity contribution < 1.29 is 8.42 Å². The fraction of sp³-hybridized carbons (Fsp3) is 0.714. The first-order chi connectivity index (χ1) is 11.8. The van der Waals surface area contributed by atoms with Gasteiger partial charge in [-0.2, -0.15) is 0 Å². The van der Waals surface area contributed by atoms with Gasteiger partial charge in [0.1, 0.15) is 0 Å². The lowest BCUT2D eigenvalue weighted by Gasteiger charge is -2.31. The van der Waals surface area contributed by atoms with Crippen molar-refractivity contribution in [3.8, 4) is 0 Å². The van der Waals surface area contributed by atoms with Crippen molar-refractivity contribution in [1.29, 1.82) is 0 Å². The summed E-state index contributed by atoms with van der Waals surface area (Å²) < 4.78 is 26.4. The minimum Gasteiger partial charge on any atom is -0.215 e. The second kappa shape index (κ2) is 9.18. The van der Waals surface area contributed by atoms with Gasteiger partial charge in [-0.15, -0.1) is 0 Å². The molecule has 0 aliphatic heterocycles. The highest BCUT2D eigenvalue weighted by Crippen LogP contribution is 2.38. The number of rotatable bonds is 8. The molecule has 1 aromatic carbocycles. The lowest BCUT2D eigenvalue weighted by Crippen LogP contribution is -2.30. The van der Waals surface area contributed by atoms with Crippen molar-refractivity contribution in [2.75, 3.05) is 12.3 Å². The second-order valence-electron chi connectivity index (χ2n) is 8.42. The van der Waals surface area contributed by atoms with Crippen molar-refractivity contribution in [3.63, 3.8) is 0 Å². The summed E-state index contributed by atoms with van der Waals surface area (Å²) in [5, 5.41) is 0. The fourth-order valence-electron chi connectivity index (χ4n) is 3.92. The number of hydrogen-bond donors (Lipinski definition) is 1. The molecular weight excluding hydrogens is 330 g/mol. The highest BCUT2D eigenvalue weighted by atomic mass is 32.2. The maximum Gasteiger partial charge on any atom is 0.211 e. The normalized spacial score (nSPS) is 21.8. The minimum absolute atomic E-state index is 0.155. The van der Waals surface area contributed by atoms with Crippen LogP contribution in [0.5, 0.6) is 0 Å². The average molecular weight is 366 g/mol. The average Bonchev–Trinajstić information content (AvgIpc) is 2.54. The van der Waals surface area contributed by atoms with Crippen LogP contribution in [0, 0.1) is 17.8 Å². The Morgan fingerprint density at radius 3 is 2.12 bits per heavy atom. The Morgan fingerprint density at radius 2 is 1.60 bits per heavy atom. The van der Waals surface area contributed by atoms with E-state index in [2.05, 4.69) is 42.8 Å². The maximum absolute atomic E-state index is 11.9. The summed E-state index contributed by atoms with van der Waals surface area (Å²) in [5.41, 5.74) is 2.65. The Hall–Kier alpha value is -0.870. The zero-order valence-corrected chi connectivity index (χ0v) is 17.1. The Labute approximate surface area is 154 Å². The molecule has 4 heteroatoms. The first kappa shape index (κ1) is 20.4. The third-order valence-electron chi connectivity index (χ3n) is 5.45. The minimum atomic E-state index is -3.14. The quantitative estimate of drug-likeness (QED) is 0.723. The number of nitrogens with one attached hydrogen (secondary N) is 1. The molecule has 2 rings (SSSR count). The first-order valence-electron chi connectivity index (χ1n) is 9.83. The molecule has 0 spiro atoms. The predicted molar refractivity (Wildman–Crippen MR) is 106 cm³/mol. The van der Waals surface area contributed by atoms with Gasteiger partial charge in [-0.1, -0.05) is 52.0 Å². The first-order valence-corrected chi connectivity index (χ1v) is 11.5. The summed E-state index contributed by atoms with van der Waals surface area (Å²) in [6.07, 6.45) is 6.05. The van der Waals surface area contributed by atoms with Gasteiger partial charge in [0.25, 0.3) is 0 Å². The molecule has 1 N–H and O–H groups in total. The van der Waals surface area contributed by atoms with Crippen LogP contribution in [0.3, 0.4) is 0 Å². The van der Waals surface area contributed by atoms with Gasteiger partial charge < -0.3 is 0 Å². The molecule has 0 aromatic heterocycles. The molecule has 1 aromatic rings. The molecule has 1 fully saturated rings. The van der Waals surface area contributed by atoms with Gasteiger partial charge in [0.15, 0.2) is 0 Å². The van der Waals surface area contributed by atoms with Crippen LogP contribution in [-0.2, 0) is 16.4 Å². The van der Waals surface area contributed by atoms with E-state index in [1.807, 2.05) is 13.8 Å². The van der Waals surface area contributed by atoms with Crippen molar-refractivity contribution in [3.05, 3.63) is 35.4 Å². The molecule has 0 unspecified atom stereocenters. The number of sulfonamides is 1. The Kier molecular flexibility index (Phi) is 7.51. The summed E-state index contributed by atoms with van der Waals surface area (Å²) in [6, 6.07) is 8.83. The van der Waals surface area contributed by atoms with Crippen LogP contribution in [0.4, 0.5) is 0 Å². The van der Waals surface area contributed by atoms with Crippen LogP contribution < -0.4 is 4.72 Å². The van der Waals surface area contributed by atoms with E-state index in [1.54, 1.807) is 0 Å².